The molecule has 0 radical (unpaired) electrons. The zero-order valence-corrected chi connectivity index (χ0v) is 14.5. The van der Waals surface area contributed by atoms with Gasteiger partial charge in [-0.25, -0.2) is 4.39 Å². The van der Waals surface area contributed by atoms with Crippen molar-refractivity contribution < 1.29 is 9.18 Å². The summed E-state index contributed by atoms with van der Waals surface area (Å²) in [5.74, 6) is -0.216. The molecule has 0 saturated carbocycles. The van der Waals surface area contributed by atoms with Crippen molar-refractivity contribution in [3.63, 3.8) is 0 Å². The van der Waals surface area contributed by atoms with E-state index >= 15 is 0 Å². The van der Waals surface area contributed by atoms with Crippen LogP contribution in [0.5, 0.6) is 0 Å². The van der Waals surface area contributed by atoms with Gasteiger partial charge in [0.2, 0.25) is 5.91 Å². The summed E-state index contributed by atoms with van der Waals surface area (Å²) >= 11 is 1.56. The van der Waals surface area contributed by atoms with E-state index in [1.165, 1.54) is 23.3 Å². The highest BCUT2D eigenvalue weighted by atomic mass is 32.2. The van der Waals surface area contributed by atoms with Gasteiger partial charge >= 0.3 is 0 Å². The highest BCUT2D eigenvalue weighted by Crippen LogP contribution is 2.25. The third-order valence-corrected chi connectivity index (χ3v) is 4.88. The number of halogens is 1. The first-order chi connectivity index (χ1) is 11.0. The second-order valence-corrected chi connectivity index (χ2v) is 7.09. The molecule has 0 aliphatic heterocycles. The summed E-state index contributed by atoms with van der Waals surface area (Å²) in [5, 5.41) is 2.79. The Labute approximate surface area is 141 Å². The van der Waals surface area contributed by atoms with Gasteiger partial charge in [-0.1, -0.05) is 18.2 Å². The number of aryl methyl sites for hydroxylation is 2. The highest BCUT2D eigenvalue weighted by Gasteiger charge is 2.14. The zero-order valence-electron chi connectivity index (χ0n) is 13.7. The zero-order chi connectivity index (χ0) is 16.8. The summed E-state index contributed by atoms with van der Waals surface area (Å²) in [6, 6.07) is 12.6. The predicted molar refractivity (Wildman–Crippen MR) is 94.3 cm³/mol. The maximum Gasteiger partial charge on any atom is 0.233 e. The van der Waals surface area contributed by atoms with Crippen LogP contribution in [0.3, 0.4) is 0 Å². The molecular formula is C19H22FNOS. The van der Waals surface area contributed by atoms with Crippen LogP contribution in [0.1, 0.15) is 23.6 Å². The number of hydrogen-bond donors (Lipinski definition) is 1. The van der Waals surface area contributed by atoms with Gasteiger partial charge in [0.1, 0.15) is 5.82 Å². The van der Waals surface area contributed by atoms with Crippen LogP contribution in [0.4, 0.5) is 4.39 Å². The van der Waals surface area contributed by atoms with E-state index in [2.05, 4.69) is 37.4 Å². The molecule has 2 rings (SSSR count). The average molecular weight is 331 g/mol. The first-order valence-electron chi connectivity index (χ1n) is 7.72. The van der Waals surface area contributed by atoms with Crippen LogP contribution in [0.15, 0.2) is 47.4 Å². The number of amides is 1. The van der Waals surface area contributed by atoms with Gasteiger partial charge in [0.15, 0.2) is 0 Å². The molecule has 0 spiro atoms. The van der Waals surface area contributed by atoms with Gasteiger partial charge in [0.05, 0.1) is 5.25 Å². The Morgan fingerprint density at radius 1 is 1.13 bits per heavy atom. The van der Waals surface area contributed by atoms with E-state index in [0.29, 0.717) is 13.0 Å². The van der Waals surface area contributed by atoms with Crippen LogP contribution in [0.25, 0.3) is 0 Å². The summed E-state index contributed by atoms with van der Waals surface area (Å²) in [4.78, 5) is 13.3. The van der Waals surface area contributed by atoms with E-state index in [4.69, 9.17) is 0 Å². The number of rotatable bonds is 6. The van der Waals surface area contributed by atoms with Crippen LogP contribution in [0.2, 0.25) is 0 Å². The molecule has 23 heavy (non-hydrogen) atoms. The minimum Gasteiger partial charge on any atom is -0.355 e. The number of thioether (sulfide) groups is 1. The van der Waals surface area contributed by atoms with Crippen LogP contribution in [0, 0.1) is 19.7 Å². The molecule has 2 nitrogen and oxygen atoms in total. The fourth-order valence-electron chi connectivity index (χ4n) is 2.17. The largest absolute Gasteiger partial charge is 0.355 e. The van der Waals surface area contributed by atoms with E-state index < -0.39 is 0 Å². The van der Waals surface area contributed by atoms with Crippen molar-refractivity contribution in [2.75, 3.05) is 6.54 Å². The Kier molecular flexibility index (Phi) is 6.22. The van der Waals surface area contributed by atoms with Crippen molar-refractivity contribution in [1.82, 2.24) is 5.32 Å². The lowest BCUT2D eigenvalue weighted by atomic mass is 10.1. The van der Waals surface area contributed by atoms with Crippen LogP contribution in [-0.4, -0.2) is 17.7 Å². The lowest BCUT2D eigenvalue weighted by Gasteiger charge is -2.13. The van der Waals surface area contributed by atoms with Crippen molar-refractivity contribution in [3.8, 4) is 0 Å². The van der Waals surface area contributed by atoms with Gasteiger partial charge in [0.25, 0.3) is 0 Å². The lowest BCUT2D eigenvalue weighted by molar-refractivity contribution is -0.120. The molecule has 0 bridgehead atoms. The Bertz CT molecular complexity index is 670. The molecule has 0 aromatic heterocycles. The first kappa shape index (κ1) is 17.5. The molecule has 0 fully saturated rings. The van der Waals surface area contributed by atoms with E-state index in [0.717, 1.165) is 10.5 Å². The highest BCUT2D eigenvalue weighted by molar-refractivity contribution is 8.00. The number of nitrogens with one attached hydrogen (secondary N) is 1. The molecule has 122 valence electrons. The quantitative estimate of drug-likeness (QED) is 0.801. The lowest BCUT2D eigenvalue weighted by Crippen LogP contribution is -2.32. The summed E-state index contributed by atoms with van der Waals surface area (Å²) < 4.78 is 12.8. The average Bonchev–Trinajstić information content (AvgIpc) is 2.52. The van der Waals surface area contributed by atoms with Gasteiger partial charge in [-0.3, -0.25) is 4.79 Å². The summed E-state index contributed by atoms with van der Waals surface area (Å²) in [6.45, 7) is 6.62. The summed E-state index contributed by atoms with van der Waals surface area (Å²) in [5.41, 5.74) is 3.51. The molecule has 0 aliphatic carbocycles. The van der Waals surface area contributed by atoms with Gasteiger partial charge < -0.3 is 5.32 Å². The minimum absolute atomic E-state index is 0.0235. The number of hydrogen-bond acceptors (Lipinski definition) is 2. The van der Waals surface area contributed by atoms with Crippen molar-refractivity contribution in [1.29, 1.82) is 0 Å². The number of carbonyl (C=O) groups is 1. The van der Waals surface area contributed by atoms with E-state index in [1.54, 1.807) is 23.9 Å². The smallest absolute Gasteiger partial charge is 0.233 e. The van der Waals surface area contributed by atoms with E-state index in [-0.39, 0.29) is 17.0 Å². The Morgan fingerprint density at radius 2 is 1.83 bits per heavy atom. The molecule has 0 unspecified atom stereocenters. The Balaban J connectivity index is 1.80. The van der Waals surface area contributed by atoms with E-state index in [1.807, 2.05) is 6.92 Å². The molecule has 1 amide bonds. The predicted octanol–water partition coefficient (Wildman–Crippen LogP) is 4.28. The fourth-order valence-corrected chi connectivity index (χ4v) is 3.16. The molecule has 4 heteroatoms. The van der Waals surface area contributed by atoms with Crippen LogP contribution >= 0.6 is 11.8 Å². The monoisotopic (exact) mass is 331 g/mol. The number of carbonyl (C=O) groups excluding carboxylic acids is 1. The fraction of sp³-hybridized carbons (Fsp3) is 0.316. The third-order valence-electron chi connectivity index (χ3n) is 3.79. The Morgan fingerprint density at radius 3 is 2.48 bits per heavy atom. The molecule has 0 heterocycles. The van der Waals surface area contributed by atoms with Crippen molar-refractivity contribution >= 4 is 17.7 Å². The van der Waals surface area contributed by atoms with Crippen molar-refractivity contribution in [3.05, 3.63) is 65.0 Å². The Hall–Kier alpha value is -1.81. The maximum absolute atomic E-state index is 12.8. The number of benzene rings is 2. The minimum atomic E-state index is -0.240. The normalized spacial score (nSPS) is 12.0. The van der Waals surface area contributed by atoms with Gasteiger partial charge in [0, 0.05) is 11.4 Å². The molecule has 2 aromatic carbocycles. The molecule has 0 aliphatic rings. The molecule has 1 N–H and O–H groups in total. The topological polar surface area (TPSA) is 29.1 Å². The maximum atomic E-state index is 12.8. The van der Waals surface area contributed by atoms with E-state index in [9.17, 15) is 9.18 Å². The second kappa shape index (κ2) is 8.16. The van der Waals surface area contributed by atoms with Gasteiger partial charge in [-0.2, -0.15) is 0 Å². The second-order valence-electron chi connectivity index (χ2n) is 5.67. The molecule has 2 aromatic rings. The van der Waals surface area contributed by atoms with Crippen LogP contribution < -0.4 is 5.32 Å². The van der Waals surface area contributed by atoms with Gasteiger partial charge in [-0.15, -0.1) is 11.8 Å². The molecule has 1 atom stereocenters. The van der Waals surface area contributed by atoms with Crippen molar-refractivity contribution in [2.24, 2.45) is 0 Å². The summed E-state index contributed by atoms with van der Waals surface area (Å²) in [6.07, 6.45) is 0.701. The van der Waals surface area contributed by atoms with Gasteiger partial charge in [-0.05, 0) is 68.1 Å². The SMILES string of the molecule is Cc1ccc(S[C@@H](C)C(=O)NCCc2ccc(F)cc2)cc1C. The van der Waals surface area contributed by atoms with Crippen LogP contribution in [-0.2, 0) is 11.2 Å². The standard InChI is InChI=1S/C19H22FNOS/c1-13-4-9-18(12-14(13)2)23-15(3)19(22)21-11-10-16-5-7-17(20)8-6-16/h4-9,12,15H,10-11H2,1-3H3,(H,21,22)/t15-/m0/s1. The van der Waals surface area contributed by atoms with Crippen molar-refractivity contribution in [2.45, 2.75) is 37.3 Å². The third kappa shape index (κ3) is 5.39. The summed E-state index contributed by atoms with van der Waals surface area (Å²) in [7, 11) is 0. The first-order valence-corrected chi connectivity index (χ1v) is 8.60. The molecular weight excluding hydrogens is 309 g/mol. The molecule has 0 saturated heterocycles.